The second-order valence-corrected chi connectivity index (χ2v) is 4.70. The van der Waals surface area contributed by atoms with E-state index in [1.54, 1.807) is 43.3 Å². The number of carboxylic acid groups (broad SMARTS) is 1. The molecule has 1 aromatic rings. The molecule has 0 spiro atoms. The molecule has 0 aliphatic heterocycles. The minimum absolute atomic E-state index is 0.0865. The zero-order chi connectivity index (χ0) is 15.0. The van der Waals surface area contributed by atoms with Crippen LogP contribution in [0.1, 0.15) is 35.2 Å². The molecule has 1 aromatic carbocycles. The Kier molecular flexibility index (Phi) is 6.73. The van der Waals surface area contributed by atoms with Gasteiger partial charge >= 0.3 is 5.97 Å². The number of amides is 1. The highest BCUT2D eigenvalue weighted by molar-refractivity contribution is 5.87. The van der Waals surface area contributed by atoms with E-state index in [-0.39, 0.29) is 11.5 Å². The van der Waals surface area contributed by atoms with Crippen molar-refractivity contribution in [3.8, 4) is 0 Å². The van der Waals surface area contributed by atoms with Crippen molar-refractivity contribution in [3.05, 3.63) is 35.4 Å². The first-order valence-electron chi connectivity index (χ1n) is 6.59. The van der Waals surface area contributed by atoms with Gasteiger partial charge in [0.1, 0.15) is 0 Å². The maximum absolute atomic E-state index is 11.9. The summed E-state index contributed by atoms with van der Waals surface area (Å²) in [5, 5.41) is 8.81. The summed E-state index contributed by atoms with van der Waals surface area (Å²) in [6, 6.07) is 6.57. The first kappa shape index (κ1) is 16.2. The Morgan fingerprint density at radius 3 is 2.40 bits per heavy atom. The maximum Gasteiger partial charge on any atom is 0.335 e. The van der Waals surface area contributed by atoms with Crippen LogP contribution in [0.5, 0.6) is 0 Å². The molecule has 5 heteroatoms. The Balaban J connectivity index is 2.42. The summed E-state index contributed by atoms with van der Waals surface area (Å²) in [5.74, 6) is -0.859. The van der Waals surface area contributed by atoms with E-state index in [0.29, 0.717) is 19.6 Å². The number of hydrogen-bond acceptors (Lipinski definition) is 3. The lowest BCUT2D eigenvalue weighted by atomic mass is 10.1. The molecule has 0 radical (unpaired) electrons. The second-order valence-electron chi connectivity index (χ2n) is 4.70. The van der Waals surface area contributed by atoms with Crippen molar-refractivity contribution in [2.75, 3.05) is 20.8 Å². The highest BCUT2D eigenvalue weighted by atomic mass is 16.5. The first-order valence-corrected chi connectivity index (χ1v) is 6.59. The van der Waals surface area contributed by atoms with Crippen molar-refractivity contribution in [2.24, 2.45) is 0 Å². The molecule has 0 fully saturated rings. The van der Waals surface area contributed by atoms with E-state index in [1.165, 1.54) is 0 Å². The van der Waals surface area contributed by atoms with E-state index in [2.05, 4.69) is 0 Å². The maximum atomic E-state index is 11.9. The van der Waals surface area contributed by atoms with E-state index in [9.17, 15) is 9.59 Å². The molecule has 0 atom stereocenters. The molecule has 0 aliphatic rings. The molecule has 0 aliphatic carbocycles. The monoisotopic (exact) mass is 279 g/mol. The van der Waals surface area contributed by atoms with Crippen LogP contribution in [-0.4, -0.2) is 42.6 Å². The Labute approximate surface area is 119 Å². The number of methoxy groups -OCH3 is 1. The van der Waals surface area contributed by atoms with Gasteiger partial charge in [0.2, 0.25) is 5.91 Å². The average Bonchev–Trinajstić information content (AvgIpc) is 2.44. The number of benzene rings is 1. The largest absolute Gasteiger partial charge is 0.478 e. The number of carbonyl (C=O) groups excluding carboxylic acids is 1. The molecule has 1 rings (SSSR count). The summed E-state index contributed by atoms with van der Waals surface area (Å²) in [6.45, 7) is 1.16. The number of carbonyl (C=O) groups is 2. The van der Waals surface area contributed by atoms with Gasteiger partial charge in [0.05, 0.1) is 5.56 Å². The quantitative estimate of drug-likeness (QED) is 0.740. The standard InChI is InChI=1S/C15H21NO4/c1-16(14(17)5-3-4-10-20-2)11-12-6-8-13(9-7-12)15(18)19/h6-9H,3-5,10-11H2,1-2H3,(H,18,19). The summed E-state index contributed by atoms with van der Waals surface area (Å²) in [7, 11) is 3.40. The van der Waals surface area contributed by atoms with Gasteiger partial charge in [-0.3, -0.25) is 4.79 Å². The van der Waals surface area contributed by atoms with Crippen LogP contribution in [0.15, 0.2) is 24.3 Å². The van der Waals surface area contributed by atoms with E-state index in [1.807, 2.05) is 0 Å². The molecule has 0 unspecified atom stereocenters. The van der Waals surface area contributed by atoms with Crippen molar-refractivity contribution >= 4 is 11.9 Å². The summed E-state index contributed by atoms with van der Waals surface area (Å²) in [4.78, 5) is 24.3. The third-order valence-corrected chi connectivity index (χ3v) is 3.04. The van der Waals surface area contributed by atoms with Crippen molar-refractivity contribution in [3.63, 3.8) is 0 Å². The molecule has 0 bridgehead atoms. The number of carboxylic acids is 1. The minimum atomic E-state index is -0.945. The predicted octanol–water partition coefficient (Wildman–Crippen LogP) is 2.16. The van der Waals surface area contributed by atoms with Crippen LogP contribution < -0.4 is 0 Å². The molecule has 5 nitrogen and oxygen atoms in total. The molecule has 0 heterocycles. The molecule has 0 aromatic heterocycles. The fraction of sp³-hybridized carbons (Fsp3) is 0.467. The van der Waals surface area contributed by atoms with Gasteiger partial charge in [0.15, 0.2) is 0 Å². The lowest BCUT2D eigenvalue weighted by Gasteiger charge is -2.17. The fourth-order valence-corrected chi connectivity index (χ4v) is 1.83. The summed E-state index contributed by atoms with van der Waals surface area (Å²) in [6.07, 6.45) is 2.20. The van der Waals surface area contributed by atoms with Crippen molar-refractivity contribution in [1.82, 2.24) is 4.90 Å². The highest BCUT2D eigenvalue weighted by Gasteiger charge is 2.09. The van der Waals surface area contributed by atoms with Gasteiger partial charge in [-0.1, -0.05) is 12.1 Å². The normalized spacial score (nSPS) is 10.3. The molecule has 1 N–H and O–H groups in total. The highest BCUT2D eigenvalue weighted by Crippen LogP contribution is 2.08. The van der Waals surface area contributed by atoms with Gasteiger partial charge in [0.25, 0.3) is 0 Å². The molecule has 0 saturated heterocycles. The van der Waals surface area contributed by atoms with E-state index in [0.717, 1.165) is 18.4 Å². The minimum Gasteiger partial charge on any atom is -0.478 e. The molecular weight excluding hydrogens is 258 g/mol. The Bertz CT molecular complexity index is 442. The third kappa shape index (κ3) is 5.40. The lowest BCUT2D eigenvalue weighted by molar-refractivity contribution is -0.130. The summed E-state index contributed by atoms with van der Waals surface area (Å²) < 4.78 is 4.94. The summed E-state index contributed by atoms with van der Waals surface area (Å²) in [5.41, 5.74) is 1.17. The number of hydrogen-bond donors (Lipinski definition) is 1. The van der Waals surface area contributed by atoms with E-state index >= 15 is 0 Å². The Morgan fingerprint density at radius 2 is 1.85 bits per heavy atom. The Hall–Kier alpha value is -1.88. The Morgan fingerprint density at radius 1 is 1.20 bits per heavy atom. The number of nitrogens with zero attached hydrogens (tertiary/aromatic N) is 1. The number of ether oxygens (including phenoxy) is 1. The van der Waals surface area contributed by atoms with Gasteiger partial charge in [-0.15, -0.1) is 0 Å². The summed E-state index contributed by atoms with van der Waals surface area (Å²) >= 11 is 0. The SMILES string of the molecule is COCCCCC(=O)N(C)Cc1ccc(C(=O)O)cc1. The van der Waals surface area contributed by atoms with Gasteiger partial charge < -0.3 is 14.7 Å². The van der Waals surface area contributed by atoms with Crippen LogP contribution in [0.3, 0.4) is 0 Å². The van der Waals surface area contributed by atoms with Crippen molar-refractivity contribution in [1.29, 1.82) is 0 Å². The number of rotatable bonds is 8. The topological polar surface area (TPSA) is 66.8 Å². The van der Waals surface area contributed by atoms with Crippen LogP contribution in [0.4, 0.5) is 0 Å². The van der Waals surface area contributed by atoms with Crippen LogP contribution in [0.25, 0.3) is 0 Å². The molecule has 0 saturated carbocycles. The van der Waals surface area contributed by atoms with E-state index in [4.69, 9.17) is 9.84 Å². The van der Waals surface area contributed by atoms with E-state index < -0.39 is 5.97 Å². The van der Waals surface area contributed by atoms with Crippen LogP contribution in [0, 0.1) is 0 Å². The fourth-order valence-electron chi connectivity index (χ4n) is 1.83. The van der Waals surface area contributed by atoms with Gasteiger partial charge in [-0.2, -0.15) is 0 Å². The smallest absolute Gasteiger partial charge is 0.335 e. The number of unbranched alkanes of at least 4 members (excludes halogenated alkanes) is 1. The molecular formula is C15H21NO4. The van der Waals surface area contributed by atoms with Crippen molar-refractivity contribution < 1.29 is 19.4 Å². The van der Waals surface area contributed by atoms with Gasteiger partial charge in [-0.25, -0.2) is 4.79 Å². The molecule has 1 amide bonds. The average molecular weight is 279 g/mol. The zero-order valence-electron chi connectivity index (χ0n) is 12.0. The predicted molar refractivity (Wildman–Crippen MR) is 75.6 cm³/mol. The number of aromatic carboxylic acids is 1. The van der Waals surface area contributed by atoms with Crippen LogP contribution in [-0.2, 0) is 16.1 Å². The molecule has 20 heavy (non-hydrogen) atoms. The first-order chi connectivity index (χ1) is 9.54. The van der Waals surface area contributed by atoms with Crippen LogP contribution >= 0.6 is 0 Å². The lowest BCUT2D eigenvalue weighted by Crippen LogP contribution is -2.25. The molecule has 110 valence electrons. The van der Waals surface area contributed by atoms with Crippen molar-refractivity contribution in [2.45, 2.75) is 25.8 Å². The van der Waals surface area contributed by atoms with Gasteiger partial charge in [0, 0.05) is 33.7 Å². The third-order valence-electron chi connectivity index (χ3n) is 3.04. The van der Waals surface area contributed by atoms with Crippen LogP contribution in [0.2, 0.25) is 0 Å². The second kappa shape index (κ2) is 8.32. The zero-order valence-corrected chi connectivity index (χ0v) is 12.0. The van der Waals surface area contributed by atoms with Gasteiger partial charge in [-0.05, 0) is 30.5 Å².